The van der Waals surface area contributed by atoms with Crippen molar-refractivity contribution in [3.05, 3.63) is 17.7 Å². The number of carbonyl (C=O) groups is 1. The summed E-state index contributed by atoms with van der Waals surface area (Å²) in [5.74, 6) is 2.61. The Balaban J connectivity index is 1.57. The van der Waals surface area contributed by atoms with Gasteiger partial charge in [-0.2, -0.15) is 0 Å². The van der Waals surface area contributed by atoms with Crippen LogP contribution in [0.2, 0.25) is 0 Å². The Bertz CT molecular complexity index is 533. The van der Waals surface area contributed by atoms with Crippen LogP contribution in [-0.2, 0) is 13.0 Å². The molecule has 1 unspecified atom stereocenters. The van der Waals surface area contributed by atoms with E-state index in [1.54, 1.807) is 0 Å². The Kier molecular flexibility index (Phi) is 4.41. The second kappa shape index (κ2) is 6.31. The zero-order valence-corrected chi connectivity index (χ0v) is 14.0. The van der Waals surface area contributed by atoms with Gasteiger partial charge < -0.3 is 14.8 Å². The highest BCUT2D eigenvalue weighted by Crippen LogP contribution is 2.32. The van der Waals surface area contributed by atoms with Crippen LogP contribution >= 0.6 is 0 Å². The zero-order valence-electron chi connectivity index (χ0n) is 14.0. The SMILES string of the molecule is Cc1cnc(CC2CCN(C(=O)NC(C)C)C2)n1CC1CC1. The molecule has 1 aliphatic carbocycles. The van der Waals surface area contributed by atoms with E-state index in [1.165, 1.54) is 24.4 Å². The number of imidazole rings is 1. The fourth-order valence-electron chi connectivity index (χ4n) is 3.26. The van der Waals surface area contributed by atoms with Crippen molar-refractivity contribution in [1.82, 2.24) is 19.8 Å². The number of hydrogen-bond acceptors (Lipinski definition) is 2. The molecule has 1 N–H and O–H groups in total. The molecular formula is C17H28N4O. The van der Waals surface area contributed by atoms with Crippen molar-refractivity contribution in [3.8, 4) is 0 Å². The van der Waals surface area contributed by atoms with Crippen molar-refractivity contribution in [3.63, 3.8) is 0 Å². The molecule has 1 aromatic rings. The summed E-state index contributed by atoms with van der Waals surface area (Å²) >= 11 is 0. The molecule has 1 atom stereocenters. The average Bonchev–Trinajstić information content (AvgIpc) is 3.05. The predicted molar refractivity (Wildman–Crippen MR) is 86.7 cm³/mol. The third-order valence-corrected chi connectivity index (χ3v) is 4.73. The molecule has 0 bridgehead atoms. The quantitative estimate of drug-likeness (QED) is 0.909. The van der Waals surface area contributed by atoms with Crippen molar-refractivity contribution >= 4 is 6.03 Å². The summed E-state index contributed by atoms with van der Waals surface area (Å²) in [6, 6.07) is 0.279. The monoisotopic (exact) mass is 304 g/mol. The third-order valence-electron chi connectivity index (χ3n) is 4.73. The van der Waals surface area contributed by atoms with Gasteiger partial charge in [0.15, 0.2) is 0 Å². The van der Waals surface area contributed by atoms with Crippen LogP contribution in [0.5, 0.6) is 0 Å². The van der Waals surface area contributed by atoms with Crippen LogP contribution in [0, 0.1) is 18.8 Å². The van der Waals surface area contributed by atoms with Crippen LogP contribution in [0.4, 0.5) is 4.79 Å². The Morgan fingerprint density at radius 1 is 1.36 bits per heavy atom. The van der Waals surface area contributed by atoms with E-state index < -0.39 is 0 Å². The Morgan fingerprint density at radius 3 is 2.82 bits per heavy atom. The minimum atomic E-state index is 0.0787. The first-order valence-corrected chi connectivity index (χ1v) is 8.59. The molecule has 1 aromatic heterocycles. The maximum absolute atomic E-state index is 12.1. The van der Waals surface area contributed by atoms with Crippen molar-refractivity contribution in [1.29, 1.82) is 0 Å². The van der Waals surface area contributed by atoms with Gasteiger partial charge in [0, 0.05) is 44.0 Å². The van der Waals surface area contributed by atoms with Crippen molar-refractivity contribution in [2.24, 2.45) is 11.8 Å². The maximum Gasteiger partial charge on any atom is 0.317 e. The van der Waals surface area contributed by atoms with Gasteiger partial charge in [0.05, 0.1) is 0 Å². The van der Waals surface area contributed by atoms with Crippen LogP contribution < -0.4 is 5.32 Å². The highest BCUT2D eigenvalue weighted by molar-refractivity contribution is 5.74. The molecule has 3 rings (SSSR count). The van der Waals surface area contributed by atoms with E-state index in [9.17, 15) is 4.79 Å². The van der Waals surface area contributed by atoms with Gasteiger partial charge in [-0.1, -0.05) is 0 Å². The molecule has 0 radical (unpaired) electrons. The number of nitrogens with zero attached hydrogens (tertiary/aromatic N) is 3. The minimum Gasteiger partial charge on any atom is -0.336 e. The van der Waals surface area contributed by atoms with Gasteiger partial charge in [0.1, 0.15) is 5.82 Å². The molecule has 1 saturated heterocycles. The molecule has 0 aromatic carbocycles. The summed E-state index contributed by atoms with van der Waals surface area (Å²) in [6.07, 6.45) is 6.80. The largest absolute Gasteiger partial charge is 0.336 e. The second-order valence-electron chi connectivity index (χ2n) is 7.28. The maximum atomic E-state index is 12.1. The molecule has 122 valence electrons. The second-order valence-corrected chi connectivity index (χ2v) is 7.28. The number of carbonyl (C=O) groups excluding carboxylic acids is 1. The van der Waals surface area contributed by atoms with Gasteiger partial charge in [-0.25, -0.2) is 9.78 Å². The smallest absolute Gasteiger partial charge is 0.317 e. The van der Waals surface area contributed by atoms with E-state index in [-0.39, 0.29) is 12.1 Å². The first-order valence-electron chi connectivity index (χ1n) is 8.59. The van der Waals surface area contributed by atoms with E-state index in [1.807, 2.05) is 24.9 Å². The lowest BCUT2D eigenvalue weighted by Crippen LogP contribution is -2.41. The van der Waals surface area contributed by atoms with E-state index in [2.05, 4.69) is 21.8 Å². The summed E-state index contributed by atoms with van der Waals surface area (Å²) in [6.45, 7) is 9.01. The van der Waals surface area contributed by atoms with Crippen LogP contribution in [0.1, 0.15) is 44.6 Å². The zero-order chi connectivity index (χ0) is 15.7. The minimum absolute atomic E-state index is 0.0787. The first-order chi connectivity index (χ1) is 10.5. The summed E-state index contributed by atoms with van der Waals surface area (Å²) in [7, 11) is 0. The van der Waals surface area contributed by atoms with Crippen LogP contribution in [-0.4, -0.2) is 39.6 Å². The normalized spacial score (nSPS) is 21.6. The number of aryl methyl sites for hydroxylation is 1. The molecule has 5 nitrogen and oxygen atoms in total. The summed E-state index contributed by atoms with van der Waals surface area (Å²) in [5.41, 5.74) is 1.27. The fourth-order valence-corrected chi connectivity index (χ4v) is 3.26. The lowest BCUT2D eigenvalue weighted by Gasteiger charge is -2.19. The molecular weight excluding hydrogens is 276 g/mol. The molecule has 2 aliphatic rings. The standard InChI is InChI=1S/C17H28N4O/c1-12(2)19-17(22)20-7-6-15(10-20)8-16-18-9-13(3)21(16)11-14-4-5-14/h9,12,14-15H,4-8,10-11H2,1-3H3,(H,19,22). The lowest BCUT2D eigenvalue weighted by molar-refractivity contribution is 0.204. The highest BCUT2D eigenvalue weighted by Gasteiger charge is 2.29. The van der Waals surface area contributed by atoms with Gasteiger partial charge >= 0.3 is 6.03 Å². The molecule has 5 heteroatoms. The molecule has 0 spiro atoms. The van der Waals surface area contributed by atoms with Crippen LogP contribution in [0.25, 0.3) is 0 Å². The molecule has 2 amide bonds. The van der Waals surface area contributed by atoms with Crippen LogP contribution in [0.3, 0.4) is 0 Å². The van der Waals surface area contributed by atoms with Gasteiger partial charge in [-0.05, 0) is 51.9 Å². The van der Waals surface area contributed by atoms with Crippen LogP contribution in [0.15, 0.2) is 6.20 Å². The molecule has 1 saturated carbocycles. The Morgan fingerprint density at radius 2 is 2.14 bits per heavy atom. The van der Waals surface area contributed by atoms with Gasteiger partial charge in [-0.15, -0.1) is 0 Å². The number of aromatic nitrogens is 2. The van der Waals surface area contributed by atoms with E-state index in [0.29, 0.717) is 5.92 Å². The predicted octanol–water partition coefficient (Wildman–Crippen LogP) is 2.58. The average molecular weight is 304 g/mol. The van der Waals surface area contributed by atoms with Crippen molar-refractivity contribution in [2.75, 3.05) is 13.1 Å². The van der Waals surface area contributed by atoms with Gasteiger partial charge in [0.25, 0.3) is 0 Å². The summed E-state index contributed by atoms with van der Waals surface area (Å²) < 4.78 is 2.40. The Labute approximate surface area is 133 Å². The number of likely N-dealkylation sites (tertiary alicyclic amines) is 1. The molecule has 2 heterocycles. The molecule has 2 fully saturated rings. The fraction of sp³-hybridized carbons (Fsp3) is 0.765. The van der Waals surface area contributed by atoms with Gasteiger partial charge in [0.2, 0.25) is 0 Å². The summed E-state index contributed by atoms with van der Waals surface area (Å²) in [5, 5.41) is 2.99. The first kappa shape index (κ1) is 15.4. The van der Waals surface area contributed by atoms with Gasteiger partial charge in [-0.3, -0.25) is 0 Å². The molecule has 22 heavy (non-hydrogen) atoms. The number of hydrogen-bond donors (Lipinski definition) is 1. The topological polar surface area (TPSA) is 50.2 Å². The summed E-state index contributed by atoms with van der Waals surface area (Å²) in [4.78, 5) is 18.6. The number of urea groups is 1. The number of rotatable bonds is 5. The third kappa shape index (κ3) is 3.62. The van der Waals surface area contributed by atoms with E-state index in [0.717, 1.165) is 38.4 Å². The van der Waals surface area contributed by atoms with Crippen molar-refractivity contribution in [2.45, 2.75) is 59.0 Å². The van der Waals surface area contributed by atoms with Crippen molar-refractivity contribution < 1.29 is 4.79 Å². The molecule has 1 aliphatic heterocycles. The highest BCUT2D eigenvalue weighted by atomic mass is 16.2. The lowest BCUT2D eigenvalue weighted by atomic mass is 10.0. The van der Waals surface area contributed by atoms with E-state index >= 15 is 0 Å². The number of amides is 2. The van der Waals surface area contributed by atoms with E-state index in [4.69, 9.17) is 0 Å². The Hall–Kier alpha value is -1.52. The number of nitrogens with one attached hydrogen (secondary N) is 1.